The molecule has 13 heteroatoms. The van der Waals surface area contributed by atoms with Crippen molar-refractivity contribution in [2.24, 2.45) is 0 Å². The second-order valence-corrected chi connectivity index (χ2v) is 5.61. The van der Waals surface area contributed by atoms with Gasteiger partial charge in [0.1, 0.15) is 17.9 Å². The minimum Gasteiger partial charge on any atom is -0.450 e. The number of ether oxygens (including phenoxy) is 3. The lowest BCUT2D eigenvalue weighted by Gasteiger charge is -2.11. The number of aromatic nitrogens is 3. The number of aliphatic hydroxyl groups excluding tert-OH is 1. The molecule has 2 aromatic rings. The molecular weight excluding hydrogens is 438 g/mol. The molecule has 0 bridgehead atoms. The van der Waals surface area contributed by atoms with Crippen LogP contribution in [0.2, 0.25) is 0 Å². The van der Waals surface area contributed by atoms with E-state index in [4.69, 9.17) is 31.1 Å². The number of nitriles is 1. The van der Waals surface area contributed by atoms with E-state index in [0.29, 0.717) is 5.82 Å². The van der Waals surface area contributed by atoms with Gasteiger partial charge in [0.15, 0.2) is 5.82 Å². The van der Waals surface area contributed by atoms with E-state index in [0.717, 1.165) is 24.1 Å². The van der Waals surface area contributed by atoms with Crippen LogP contribution < -0.4 is 5.73 Å². The highest BCUT2D eigenvalue weighted by molar-refractivity contribution is 5.65. The van der Waals surface area contributed by atoms with Gasteiger partial charge in [-0.1, -0.05) is 13.8 Å². The van der Waals surface area contributed by atoms with Gasteiger partial charge in [-0.2, -0.15) is 5.10 Å². The number of aliphatic hydroxyl groups is 1. The predicted molar refractivity (Wildman–Crippen MR) is 119 cm³/mol. The Hall–Kier alpha value is -3.63. The lowest BCUT2D eigenvalue weighted by Crippen LogP contribution is -2.12. The molecule has 0 radical (unpaired) electrons. The number of rotatable bonds is 4. The number of fused-ring (bicyclic) bond motifs is 1. The predicted octanol–water partition coefficient (Wildman–Crippen LogP) is 3.09. The van der Waals surface area contributed by atoms with Gasteiger partial charge in [0.2, 0.25) is 0 Å². The molecule has 13 nitrogen and oxygen atoms in total. The molecule has 0 aromatic carbocycles. The van der Waals surface area contributed by atoms with Crippen molar-refractivity contribution in [3.63, 3.8) is 0 Å². The second-order valence-electron chi connectivity index (χ2n) is 5.61. The summed E-state index contributed by atoms with van der Waals surface area (Å²) < 4.78 is 15.4. The Bertz CT molecular complexity index is 811. The normalized spacial score (nSPS) is 15.6. The molecule has 0 saturated carbocycles. The summed E-state index contributed by atoms with van der Waals surface area (Å²) in [6, 6.07) is 3.84. The molecule has 1 saturated heterocycles. The molecular formula is C20H33N5O8. The summed E-state index contributed by atoms with van der Waals surface area (Å²) in [6.07, 6.45) is 0.684. The smallest absolute Gasteiger partial charge is 0.450 e. The second kappa shape index (κ2) is 19.1. The van der Waals surface area contributed by atoms with Gasteiger partial charge in [0.05, 0.1) is 31.6 Å². The summed E-state index contributed by atoms with van der Waals surface area (Å²) in [5.74, 6) is 0.461. The van der Waals surface area contributed by atoms with Gasteiger partial charge in [-0.15, -0.1) is 0 Å². The summed E-state index contributed by atoms with van der Waals surface area (Å²) in [7, 11) is 0. The first-order chi connectivity index (χ1) is 15.8. The van der Waals surface area contributed by atoms with Crippen molar-refractivity contribution in [1.29, 1.82) is 5.26 Å². The highest BCUT2D eigenvalue weighted by Crippen LogP contribution is 2.33. The van der Waals surface area contributed by atoms with Crippen LogP contribution in [0.3, 0.4) is 0 Å². The number of carboxylic acid groups (broad SMARTS) is 2. The number of anilines is 1. The maximum Gasteiger partial charge on any atom is 0.505 e. The number of nitrogens with zero attached hydrogens (tertiary/aromatic N) is 4. The third-order valence-electron chi connectivity index (χ3n) is 3.69. The van der Waals surface area contributed by atoms with Crippen molar-refractivity contribution in [3.8, 4) is 6.57 Å². The summed E-state index contributed by atoms with van der Waals surface area (Å²) in [6.45, 7) is 11.3. The van der Waals surface area contributed by atoms with E-state index >= 15 is 0 Å². The Balaban J connectivity index is 0. The molecule has 1 fully saturated rings. The van der Waals surface area contributed by atoms with Crippen LogP contribution in [0.4, 0.5) is 15.4 Å². The fourth-order valence-electron chi connectivity index (χ4n) is 2.52. The van der Waals surface area contributed by atoms with Crippen LogP contribution in [0.1, 0.15) is 52.3 Å². The maximum absolute atomic E-state index is 9.38. The SMILES string of the molecule is C#N.CC.CCOC(=O)O.CCOC(=O)O.Nc1ncnn2c(C3CCC(CO)O3)ccc12. The van der Waals surface area contributed by atoms with E-state index in [9.17, 15) is 9.59 Å². The number of hydrogen-bond donors (Lipinski definition) is 4. The van der Waals surface area contributed by atoms with Crippen LogP contribution in [0.5, 0.6) is 0 Å². The Kier molecular flexibility index (Phi) is 18.2. The number of nitrogen functional groups attached to an aromatic ring is 1. The van der Waals surface area contributed by atoms with Gasteiger partial charge in [-0.05, 0) is 38.8 Å². The average molecular weight is 472 g/mol. The Morgan fingerprint density at radius 3 is 2.12 bits per heavy atom. The van der Waals surface area contributed by atoms with Crippen molar-refractivity contribution < 1.29 is 39.1 Å². The fraction of sp³-hybridized carbons (Fsp3) is 0.550. The topological polar surface area (TPSA) is 203 Å². The first-order valence-corrected chi connectivity index (χ1v) is 10.2. The highest BCUT2D eigenvalue weighted by Gasteiger charge is 2.28. The van der Waals surface area contributed by atoms with Gasteiger partial charge in [-0.3, -0.25) is 0 Å². The molecule has 186 valence electrons. The van der Waals surface area contributed by atoms with E-state index < -0.39 is 12.3 Å². The molecule has 1 aliphatic rings. The van der Waals surface area contributed by atoms with Crippen molar-refractivity contribution in [3.05, 3.63) is 24.2 Å². The van der Waals surface area contributed by atoms with E-state index in [1.807, 2.05) is 26.0 Å². The number of hydrogen-bond acceptors (Lipinski definition) is 10. The zero-order valence-electron chi connectivity index (χ0n) is 19.2. The van der Waals surface area contributed by atoms with Crippen LogP contribution in [-0.4, -0.2) is 68.2 Å². The molecule has 0 aliphatic carbocycles. The van der Waals surface area contributed by atoms with Gasteiger partial charge in [0, 0.05) is 6.57 Å². The van der Waals surface area contributed by atoms with Crippen LogP contribution in [0, 0.1) is 11.8 Å². The third kappa shape index (κ3) is 12.1. The van der Waals surface area contributed by atoms with Gasteiger partial charge in [-0.25, -0.2) is 24.4 Å². The standard InChI is InChI=1S/C11H14N4O2.2C3H6O3.C2H6.CHN/c12-11-9-3-2-8(15(9)14-6-13-11)10-4-1-7(5-16)17-10;2*1-2-6-3(4)5;2*1-2/h2-3,6-7,10,16H,1,4-5H2,(H2,12,13,14);2*2H2,1H3,(H,4,5);1-2H3;1H. The lowest BCUT2D eigenvalue weighted by atomic mass is 10.1. The lowest BCUT2D eigenvalue weighted by molar-refractivity contribution is 0.00856. The molecule has 33 heavy (non-hydrogen) atoms. The van der Waals surface area contributed by atoms with Gasteiger partial charge in [0.25, 0.3) is 0 Å². The van der Waals surface area contributed by atoms with Crippen LogP contribution in [-0.2, 0) is 14.2 Å². The van der Waals surface area contributed by atoms with Gasteiger partial charge < -0.3 is 35.3 Å². The molecule has 0 spiro atoms. The monoisotopic (exact) mass is 471 g/mol. The van der Waals surface area contributed by atoms with E-state index in [1.165, 1.54) is 6.33 Å². The van der Waals surface area contributed by atoms with Crippen LogP contribution in [0.25, 0.3) is 5.52 Å². The van der Waals surface area contributed by atoms with Crippen molar-refractivity contribution in [2.75, 3.05) is 25.6 Å². The van der Waals surface area contributed by atoms with E-state index in [2.05, 4.69) is 26.1 Å². The fourth-order valence-corrected chi connectivity index (χ4v) is 2.52. The average Bonchev–Trinajstić information content (AvgIpc) is 3.45. The third-order valence-corrected chi connectivity index (χ3v) is 3.69. The zero-order chi connectivity index (χ0) is 25.8. The zero-order valence-corrected chi connectivity index (χ0v) is 19.2. The van der Waals surface area contributed by atoms with Crippen LogP contribution in [0.15, 0.2) is 18.5 Å². The first-order valence-electron chi connectivity index (χ1n) is 10.2. The Morgan fingerprint density at radius 2 is 1.73 bits per heavy atom. The first kappa shape index (κ1) is 31.6. The number of nitrogens with two attached hydrogens (primary N) is 1. The van der Waals surface area contributed by atoms with Crippen molar-refractivity contribution in [2.45, 2.75) is 52.7 Å². The summed E-state index contributed by atoms with van der Waals surface area (Å²) >= 11 is 0. The maximum atomic E-state index is 9.38. The number of carbonyl (C=O) groups is 2. The largest absolute Gasteiger partial charge is 0.505 e. The minimum absolute atomic E-state index is 0.0241. The minimum atomic E-state index is -1.21. The molecule has 1 aliphatic heterocycles. The molecule has 3 rings (SSSR count). The molecule has 2 aromatic heterocycles. The quantitative estimate of drug-likeness (QED) is 0.475. The van der Waals surface area contributed by atoms with Crippen molar-refractivity contribution >= 4 is 23.6 Å². The van der Waals surface area contributed by atoms with E-state index in [-0.39, 0.29) is 32.0 Å². The van der Waals surface area contributed by atoms with Crippen LogP contribution >= 0.6 is 0 Å². The Morgan fingerprint density at radius 1 is 1.18 bits per heavy atom. The van der Waals surface area contributed by atoms with Gasteiger partial charge >= 0.3 is 12.3 Å². The van der Waals surface area contributed by atoms with E-state index in [1.54, 1.807) is 18.4 Å². The summed E-state index contributed by atoms with van der Waals surface area (Å²) in [5.41, 5.74) is 7.52. The van der Waals surface area contributed by atoms with Crippen molar-refractivity contribution in [1.82, 2.24) is 14.6 Å². The summed E-state index contributed by atoms with van der Waals surface area (Å²) in [4.78, 5) is 22.7. The molecule has 2 atom stereocenters. The summed E-state index contributed by atoms with van der Waals surface area (Å²) in [5, 5.41) is 35.1. The Labute approximate surface area is 192 Å². The molecule has 0 amide bonds. The molecule has 3 heterocycles. The molecule has 5 N–H and O–H groups in total. The highest BCUT2D eigenvalue weighted by atomic mass is 16.7. The molecule has 2 unspecified atom stereocenters.